The van der Waals surface area contributed by atoms with Crippen molar-refractivity contribution in [2.75, 3.05) is 12.3 Å². The summed E-state index contributed by atoms with van der Waals surface area (Å²) in [5.74, 6) is 0.429. The lowest BCUT2D eigenvalue weighted by Gasteiger charge is -2.10. The fraction of sp³-hybridized carbons (Fsp3) is 0.421. The molecule has 0 unspecified atom stereocenters. The molecule has 0 aliphatic rings. The van der Waals surface area contributed by atoms with Crippen LogP contribution in [0.2, 0.25) is 0 Å². The topological polar surface area (TPSA) is 57.2 Å². The minimum absolute atomic E-state index is 0.0853. The smallest absolute Gasteiger partial charge is 0.293 e. The van der Waals surface area contributed by atoms with Crippen molar-refractivity contribution in [2.24, 2.45) is 0 Å². The van der Waals surface area contributed by atoms with Crippen LogP contribution in [0.4, 0.5) is 5.69 Å². The van der Waals surface area contributed by atoms with E-state index in [2.05, 4.69) is 6.92 Å². The highest BCUT2D eigenvalue weighted by atomic mass is 16.5. The van der Waals surface area contributed by atoms with Crippen molar-refractivity contribution in [1.29, 1.82) is 0 Å². The van der Waals surface area contributed by atoms with E-state index in [0.717, 1.165) is 24.1 Å². The van der Waals surface area contributed by atoms with Gasteiger partial charge in [-0.2, -0.15) is 0 Å². The van der Waals surface area contributed by atoms with Crippen LogP contribution in [0.3, 0.4) is 0 Å². The lowest BCUT2D eigenvalue weighted by molar-refractivity contribution is 0.298. The quantitative estimate of drug-likeness (QED) is 0.565. The summed E-state index contributed by atoms with van der Waals surface area (Å²) in [7, 11) is 0. The van der Waals surface area contributed by atoms with E-state index in [-0.39, 0.29) is 5.56 Å². The fourth-order valence-corrected chi connectivity index (χ4v) is 2.46. The van der Waals surface area contributed by atoms with Crippen LogP contribution in [0, 0.1) is 0 Å². The summed E-state index contributed by atoms with van der Waals surface area (Å²) < 4.78 is 7.33. The molecule has 1 aromatic carbocycles. The standard InChI is InChI=1S/C19H26N2O2/c1-2-3-4-5-6-14-23-18-8-7-13-21(19(18)22)15-16-9-11-17(20)12-10-16/h7-13H,2-6,14-15,20H2,1H3. The van der Waals surface area contributed by atoms with Crippen molar-refractivity contribution >= 4 is 5.69 Å². The number of anilines is 1. The monoisotopic (exact) mass is 314 g/mol. The van der Waals surface area contributed by atoms with E-state index in [9.17, 15) is 4.79 Å². The SMILES string of the molecule is CCCCCCCOc1cccn(Cc2ccc(N)cc2)c1=O. The molecule has 0 bridgehead atoms. The summed E-state index contributed by atoms with van der Waals surface area (Å²) >= 11 is 0. The molecular weight excluding hydrogens is 288 g/mol. The second-order valence-corrected chi connectivity index (χ2v) is 5.81. The van der Waals surface area contributed by atoms with Crippen molar-refractivity contribution in [1.82, 2.24) is 4.57 Å². The number of rotatable bonds is 9. The molecule has 0 radical (unpaired) electrons. The van der Waals surface area contributed by atoms with Gasteiger partial charge in [0.15, 0.2) is 5.75 Å². The first-order valence-corrected chi connectivity index (χ1v) is 8.37. The number of pyridine rings is 1. The van der Waals surface area contributed by atoms with Crippen molar-refractivity contribution < 1.29 is 4.74 Å². The van der Waals surface area contributed by atoms with Crippen LogP contribution in [0.5, 0.6) is 5.75 Å². The highest BCUT2D eigenvalue weighted by Crippen LogP contribution is 2.09. The Bertz CT molecular complexity index is 647. The molecule has 2 rings (SSSR count). The van der Waals surface area contributed by atoms with Gasteiger partial charge in [0.2, 0.25) is 0 Å². The van der Waals surface area contributed by atoms with Gasteiger partial charge in [-0.05, 0) is 36.2 Å². The molecule has 4 nitrogen and oxygen atoms in total. The maximum atomic E-state index is 12.4. The van der Waals surface area contributed by atoms with Crippen LogP contribution in [-0.2, 0) is 6.54 Å². The number of ether oxygens (including phenoxy) is 1. The van der Waals surface area contributed by atoms with Crippen molar-refractivity contribution in [3.05, 3.63) is 58.5 Å². The van der Waals surface area contributed by atoms with Gasteiger partial charge in [0, 0.05) is 11.9 Å². The first-order chi connectivity index (χ1) is 11.2. The number of hydrogen-bond acceptors (Lipinski definition) is 3. The first-order valence-electron chi connectivity index (χ1n) is 8.37. The lowest BCUT2D eigenvalue weighted by Crippen LogP contribution is -2.22. The Labute approximate surface area is 137 Å². The van der Waals surface area contributed by atoms with E-state index < -0.39 is 0 Å². The summed E-state index contributed by atoms with van der Waals surface area (Å²) in [5.41, 5.74) is 7.36. The van der Waals surface area contributed by atoms with Crippen molar-refractivity contribution in [2.45, 2.75) is 45.6 Å². The van der Waals surface area contributed by atoms with Gasteiger partial charge >= 0.3 is 0 Å². The van der Waals surface area contributed by atoms with Gasteiger partial charge in [0.25, 0.3) is 5.56 Å². The van der Waals surface area contributed by atoms with Gasteiger partial charge in [0.05, 0.1) is 13.2 Å². The molecule has 0 saturated heterocycles. The van der Waals surface area contributed by atoms with Gasteiger partial charge in [-0.15, -0.1) is 0 Å². The van der Waals surface area contributed by atoms with Crippen LogP contribution in [0.25, 0.3) is 0 Å². The molecule has 0 amide bonds. The summed E-state index contributed by atoms with van der Waals surface area (Å²) in [6.07, 6.45) is 7.66. The Morgan fingerprint density at radius 1 is 1.04 bits per heavy atom. The van der Waals surface area contributed by atoms with Gasteiger partial charge in [-0.1, -0.05) is 44.7 Å². The largest absolute Gasteiger partial charge is 0.488 e. The van der Waals surface area contributed by atoms with Crippen LogP contribution >= 0.6 is 0 Å². The number of nitrogen functional groups attached to an aromatic ring is 1. The Kier molecular flexibility index (Phi) is 6.73. The lowest BCUT2D eigenvalue weighted by atomic mass is 10.2. The minimum Gasteiger partial charge on any atom is -0.488 e. The molecule has 4 heteroatoms. The summed E-state index contributed by atoms with van der Waals surface area (Å²) in [4.78, 5) is 12.4. The number of nitrogens with two attached hydrogens (primary N) is 1. The molecule has 0 saturated carbocycles. The van der Waals surface area contributed by atoms with Crippen molar-refractivity contribution in [3.63, 3.8) is 0 Å². The number of hydrogen-bond donors (Lipinski definition) is 1. The summed E-state index contributed by atoms with van der Waals surface area (Å²) in [6, 6.07) is 11.2. The van der Waals surface area contributed by atoms with Crippen LogP contribution in [0.1, 0.15) is 44.6 Å². The zero-order chi connectivity index (χ0) is 16.5. The van der Waals surface area contributed by atoms with Gasteiger partial charge < -0.3 is 15.0 Å². The predicted octanol–water partition coefficient (Wildman–Crippen LogP) is 3.83. The molecule has 2 aromatic rings. The van der Waals surface area contributed by atoms with Gasteiger partial charge in [0.1, 0.15) is 0 Å². The highest BCUT2D eigenvalue weighted by molar-refractivity contribution is 5.39. The van der Waals surface area contributed by atoms with Crippen molar-refractivity contribution in [3.8, 4) is 5.75 Å². The fourth-order valence-electron chi connectivity index (χ4n) is 2.46. The second-order valence-electron chi connectivity index (χ2n) is 5.81. The zero-order valence-corrected chi connectivity index (χ0v) is 13.8. The average Bonchev–Trinajstić information content (AvgIpc) is 2.56. The van der Waals surface area contributed by atoms with E-state index in [1.54, 1.807) is 16.8 Å². The van der Waals surface area contributed by atoms with Crippen LogP contribution in [-0.4, -0.2) is 11.2 Å². The predicted molar refractivity (Wildman–Crippen MR) is 94.9 cm³/mol. The van der Waals surface area contributed by atoms with E-state index in [4.69, 9.17) is 10.5 Å². The Morgan fingerprint density at radius 3 is 2.52 bits per heavy atom. The Balaban J connectivity index is 1.92. The van der Waals surface area contributed by atoms with Gasteiger partial charge in [-0.3, -0.25) is 4.79 Å². The number of aromatic nitrogens is 1. The summed E-state index contributed by atoms with van der Waals surface area (Å²) in [6.45, 7) is 3.32. The number of benzene rings is 1. The van der Waals surface area contributed by atoms with Crippen LogP contribution in [0.15, 0.2) is 47.4 Å². The maximum Gasteiger partial charge on any atom is 0.293 e. The summed E-state index contributed by atoms with van der Waals surface area (Å²) in [5, 5.41) is 0. The second kappa shape index (κ2) is 9.03. The van der Waals surface area contributed by atoms with Crippen LogP contribution < -0.4 is 16.0 Å². The molecule has 1 heterocycles. The number of unbranched alkanes of at least 4 members (excludes halogenated alkanes) is 4. The Morgan fingerprint density at radius 2 is 1.78 bits per heavy atom. The molecule has 0 aliphatic heterocycles. The van der Waals surface area contributed by atoms with E-state index >= 15 is 0 Å². The highest BCUT2D eigenvalue weighted by Gasteiger charge is 2.05. The third-order valence-corrected chi connectivity index (χ3v) is 3.82. The van der Waals surface area contributed by atoms with E-state index in [1.165, 1.54) is 19.3 Å². The average molecular weight is 314 g/mol. The maximum absolute atomic E-state index is 12.4. The molecule has 0 spiro atoms. The first kappa shape index (κ1) is 17.1. The van der Waals surface area contributed by atoms with Gasteiger partial charge in [-0.25, -0.2) is 0 Å². The minimum atomic E-state index is -0.0853. The zero-order valence-electron chi connectivity index (χ0n) is 13.8. The molecule has 1 aromatic heterocycles. The molecule has 23 heavy (non-hydrogen) atoms. The molecular formula is C19H26N2O2. The molecule has 0 fully saturated rings. The Hall–Kier alpha value is -2.23. The van der Waals surface area contributed by atoms with E-state index in [0.29, 0.717) is 18.9 Å². The third-order valence-electron chi connectivity index (χ3n) is 3.82. The molecule has 124 valence electrons. The third kappa shape index (κ3) is 5.47. The number of nitrogens with zero attached hydrogens (tertiary/aromatic N) is 1. The normalized spacial score (nSPS) is 10.7. The molecule has 0 aliphatic carbocycles. The molecule has 2 N–H and O–H groups in total. The molecule has 0 atom stereocenters. The van der Waals surface area contributed by atoms with E-state index in [1.807, 2.05) is 30.3 Å².